The summed E-state index contributed by atoms with van der Waals surface area (Å²) in [5.74, 6) is 0.820. The van der Waals surface area contributed by atoms with Gasteiger partial charge in [-0.3, -0.25) is 0 Å². The Balaban J connectivity index is 1.82. The van der Waals surface area contributed by atoms with Crippen LogP contribution in [0.5, 0.6) is 0 Å². The number of aromatic nitrogens is 1. The molecule has 3 nitrogen and oxygen atoms in total. The van der Waals surface area contributed by atoms with Gasteiger partial charge in [-0.05, 0) is 18.8 Å². The monoisotopic (exact) mass is 211 g/mol. The van der Waals surface area contributed by atoms with E-state index in [-0.39, 0.29) is 0 Å². The Morgan fingerprint density at radius 2 is 2.50 bits per heavy atom. The van der Waals surface area contributed by atoms with Crippen molar-refractivity contribution in [2.24, 2.45) is 5.92 Å². The number of hydrogen-bond acceptors (Lipinski definition) is 4. The van der Waals surface area contributed by atoms with Crippen molar-refractivity contribution in [3.05, 3.63) is 11.1 Å². The van der Waals surface area contributed by atoms with Gasteiger partial charge in [-0.2, -0.15) is 0 Å². The lowest BCUT2D eigenvalue weighted by molar-refractivity contribution is 0.427. The van der Waals surface area contributed by atoms with Crippen molar-refractivity contribution in [3.8, 4) is 0 Å². The van der Waals surface area contributed by atoms with Crippen molar-refractivity contribution in [2.75, 3.05) is 5.73 Å². The fourth-order valence-electron chi connectivity index (χ4n) is 2.08. The number of thiazole rings is 1. The summed E-state index contributed by atoms with van der Waals surface area (Å²) in [6.07, 6.45) is 5.91. The fourth-order valence-corrected chi connectivity index (χ4v) is 2.72. The number of nitrogens with one attached hydrogen (secondary N) is 1. The summed E-state index contributed by atoms with van der Waals surface area (Å²) in [6.45, 7) is 3.25. The quantitative estimate of drug-likeness (QED) is 0.804. The first-order chi connectivity index (χ1) is 6.75. The van der Waals surface area contributed by atoms with Crippen molar-refractivity contribution in [1.29, 1.82) is 0 Å². The second kappa shape index (κ2) is 4.28. The number of hydrogen-bond donors (Lipinski definition) is 2. The molecule has 2 atom stereocenters. The molecule has 14 heavy (non-hydrogen) atoms. The molecule has 1 heterocycles. The van der Waals surface area contributed by atoms with Gasteiger partial charge in [-0.15, -0.1) is 11.3 Å². The number of rotatable bonds is 3. The van der Waals surface area contributed by atoms with E-state index in [1.54, 1.807) is 11.3 Å². The van der Waals surface area contributed by atoms with E-state index in [2.05, 4.69) is 17.2 Å². The number of anilines is 1. The Morgan fingerprint density at radius 1 is 1.64 bits per heavy atom. The summed E-state index contributed by atoms with van der Waals surface area (Å²) in [5.41, 5.74) is 5.57. The molecule has 78 valence electrons. The molecule has 1 aliphatic carbocycles. The van der Waals surface area contributed by atoms with Gasteiger partial charge in [-0.25, -0.2) is 4.98 Å². The van der Waals surface area contributed by atoms with Crippen LogP contribution in [-0.4, -0.2) is 11.0 Å². The van der Waals surface area contributed by atoms with Crippen LogP contribution < -0.4 is 11.1 Å². The smallest absolute Gasteiger partial charge is 0.180 e. The summed E-state index contributed by atoms with van der Waals surface area (Å²) < 4.78 is 0. The van der Waals surface area contributed by atoms with E-state index in [4.69, 9.17) is 5.73 Å². The maximum atomic E-state index is 5.57. The molecule has 0 aromatic carbocycles. The van der Waals surface area contributed by atoms with E-state index in [0.717, 1.165) is 12.5 Å². The Kier molecular flexibility index (Phi) is 3.03. The molecular weight excluding hydrogens is 194 g/mol. The minimum absolute atomic E-state index is 0.668. The van der Waals surface area contributed by atoms with Crippen molar-refractivity contribution < 1.29 is 0 Å². The molecular formula is C10H17N3S. The van der Waals surface area contributed by atoms with Crippen molar-refractivity contribution in [3.63, 3.8) is 0 Å². The SMILES string of the molecule is CC1CCCC1NCc1cnc(N)s1. The molecule has 0 amide bonds. The molecule has 2 rings (SSSR count). The summed E-state index contributed by atoms with van der Waals surface area (Å²) in [6, 6.07) is 0.693. The Morgan fingerprint density at radius 3 is 3.07 bits per heavy atom. The van der Waals surface area contributed by atoms with Gasteiger partial charge in [0.2, 0.25) is 0 Å². The largest absolute Gasteiger partial charge is 0.375 e. The van der Waals surface area contributed by atoms with Crippen molar-refractivity contribution in [2.45, 2.75) is 38.8 Å². The van der Waals surface area contributed by atoms with Crippen LogP contribution in [0.1, 0.15) is 31.1 Å². The second-order valence-corrected chi connectivity index (χ2v) is 5.21. The molecule has 0 saturated heterocycles. The molecule has 1 saturated carbocycles. The molecule has 1 aromatic rings. The molecule has 1 aromatic heterocycles. The summed E-state index contributed by atoms with van der Waals surface area (Å²) in [7, 11) is 0. The molecule has 0 aliphatic heterocycles. The Labute approximate surface area is 88.7 Å². The highest BCUT2D eigenvalue weighted by atomic mass is 32.1. The first kappa shape index (κ1) is 9.93. The maximum Gasteiger partial charge on any atom is 0.180 e. The zero-order valence-corrected chi connectivity index (χ0v) is 9.31. The minimum Gasteiger partial charge on any atom is -0.375 e. The maximum absolute atomic E-state index is 5.57. The molecule has 3 N–H and O–H groups in total. The van der Waals surface area contributed by atoms with E-state index in [1.807, 2.05) is 6.20 Å². The molecule has 1 aliphatic rings. The first-order valence-corrected chi connectivity index (χ1v) is 6.01. The van der Waals surface area contributed by atoms with Gasteiger partial charge < -0.3 is 11.1 Å². The predicted octanol–water partition coefficient (Wildman–Crippen LogP) is 2.00. The molecule has 0 spiro atoms. The van der Waals surface area contributed by atoms with Crippen LogP contribution in [0.3, 0.4) is 0 Å². The van der Waals surface area contributed by atoms with Gasteiger partial charge >= 0.3 is 0 Å². The number of nitrogen functional groups attached to an aromatic ring is 1. The topological polar surface area (TPSA) is 50.9 Å². The van der Waals surface area contributed by atoms with Gasteiger partial charge in [-0.1, -0.05) is 13.3 Å². The van der Waals surface area contributed by atoms with E-state index in [1.165, 1.54) is 24.1 Å². The Bertz CT molecular complexity index is 297. The van der Waals surface area contributed by atoms with Gasteiger partial charge in [0.15, 0.2) is 5.13 Å². The summed E-state index contributed by atoms with van der Waals surface area (Å²) in [4.78, 5) is 5.27. The highest BCUT2D eigenvalue weighted by Crippen LogP contribution is 2.25. The fraction of sp³-hybridized carbons (Fsp3) is 0.700. The molecule has 1 fully saturated rings. The minimum atomic E-state index is 0.668. The standard InChI is InChI=1S/C10H17N3S/c1-7-3-2-4-9(7)12-5-8-6-13-10(11)14-8/h6-7,9,12H,2-5H2,1H3,(H2,11,13). The van der Waals surface area contributed by atoms with Gasteiger partial charge in [0.1, 0.15) is 0 Å². The van der Waals surface area contributed by atoms with E-state index in [0.29, 0.717) is 11.2 Å². The van der Waals surface area contributed by atoms with E-state index >= 15 is 0 Å². The van der Waals surface area contributed by atoms with Crippen LogP contribution in [0.2, 0.25) is 0 Å². The lowest BCUT2D eigenvalue weighted by Crippen LogP contribution is -2.30. The van der Waals surface area contributed by atoms with E-state index in [9.17, 15) is 0 Å². The molecule has 0 bridgehead atoms. The lowest BCUT2D eigenvalue weighted by Gasteiger charge is -2.16. The van der Waals surface area contributed by atoms with Crippen LogP contribution in [0.15, 0.2) is 6.20 Å². The normalized spacial score (nSPS) is 26.9. The second-order valence-electron chi connectivity index (χ2n) is 4.06. The highest BCUT2D eigenvalue weighted by Gasteiger charge is 2.22. The van der Waals surface area contributed by atoms with Crippen molar-refractivity contribution in [1.82, 2.24) is 10.3 Å². The van der Waals surface area contributed by atoms with Crippen LogP contribution >= 0.6 is 11.3 Å². The highest BCUT2D eigenvalue weighted by molar-refractivity contribution is 7.15. The number of nitrogens with two attached hydrogens (primary N) is 1. The average molecular weight is 211 g/mol. The van der Waals surface area contributed by atoms with Crippen LogP contribution in [0.4, 0.5) is 5.13 Å². The third-order valence-electron chi connectivity index (χ3n) is 2.97. The van der Waals surface area contributed by atoms with Gasteiger partial charge in [0.05, 0.1) is 0 Å². The molecule has 0 radical (unpaired) electrons. The molecule has 4 heteroatoms. The zero-order valence-electron chi connectivity index (χ0n) is 8.49. The zero-order chi connectivity index (χ0) is 9.97. The van der Waals surface area contributed by atoms with Crippen LogP contribution in [-0.2, 0) is 6.54 Å². The first-order valence-electron chi connectivity index (χ1n) is 5.19. The Hall–Kier alpha value is -0.610. The third kappa shape index (κ3) is 2.25. The van der Waals surface area contributed by atoms with Gasteiger partial charge in [0.25, 0.3) is 0 Å². The summed E-state index contributed by atoms with van der Waals surface area (Å²) in [5, 5.41) is 4.24. The molecule has 2 unspecified atom stereocenters. The summed E-state index contributed by atoms with van der Waals surface area (Å²) >= 11 is 1.58. The van der Waals surface area contributed by atoms with Crippen LogP contribution in [0, 0.1) is 5.92 Å². The number of nitrogens with zero attached hydrogens (tertiary/aromatic N) is 1. The van der Waals surface area contributed by atoms with E-state index < -0.39 is 0 Å². The van der Waals surface area contributed by atoms with Gasteiger partial charge in [0, 0.05) is 23.7 Å². The van der Waals surface area contributed by atoms with Crippen molar-refractivity contribution >= 4 is 16.5 Å². The van der Waals surface area contributed by atoms with Crippen LogP contribution in [0.25, 0.3) is 0 Å². The lowest BCUT2D eigenvalue weighted by atomic mass is 10.1. The predicted molar refractivity (Wildman–Crippen MR) is 60.2 cm³/mol. The third-order valence-corrected chi connectivity index (χ3v) is 3.80. The average Bonchev–Trinajstić information content (AvgIpc) is 2.72.